The molecule has 2 aliphatic rings. The van der Waals surface area contributed by atoms with Crippen LogP contribution in [0, 0.1) is 13.8 Å². The van der Waals surface area contributed by atoms with Gasteiger partial charge in [-0.2, -0.15) is 0 Å². The van der Waals surface area contributed by atoms with Crippen molar-refractivity contribution in [3.8, 4) is 0 Å². The summed E-state index contributed by atoms with van der Waals surface area (Å²) in [6.07, 6.45) is 3.53. The number of piperazine rings is 1. The highest BCUT2D eigenvalue weighted by Gasteiger charge is 2.52. The quantitative estimate of drug-likeness (QED) is 0.908. The maximum Gasteiger partial charge on any atom is 0.246 e. The predicted octanol–water partition coefficient (Wildman–Crippen LogP) is 1.92. The lowest BCUT2D eigenvalue weighted by Gasteiger charge is -2.45. The zero-order chi connectivity index (χ0) is 15.2. The standard InChI is InChI=1S/C15H21N3O2S/c1-9-11(3)21-12(16-9)8-18-13(19)10(2)17-14(20)15(18)6-4-5-7-15/h10H,4-8H2,1-3H3,(H,17,20). The van der Waals surface area contributed by atoms with Crippen LogP contribution in [-0.2, 0) is 16.1 Å². The first kappa shape index (κ1) is 14.5. The number of amides is 2. The van der Waals surface area contributed by atoms with Crippen LogP contribution in [0.25, 0.3) is 0 Å². The van der Waals surface area contributed by atoms with E-state index in [0.717, 1.165) is 36.4 Å². The van der Waals surface area contributed by atoms with Crippen molar-refractivity contribution in [2.45, 2.75) is 64.6 Å². The van der Waals surface area contributed by atoms with Gasteiger partial charge in [-0.15, -0.1) is 11.3 Å². The molecule has 1 saturated heterocycles. The second-order valence-electron chi connectivity index (χ2n) is 6.11. The molecule has 1 aromatic rings. The lowest BCUT2D eigenvalue weighted by molar-refractivity contribution is -0.157. The number of hydrogen-bond donors (Lipinski definition) is 1. The fourth-order valence-corrected chi connectivity index (χ4v) is 4.31. The molecular weight excluding hydrogens is 286 g/mol. The number of nitrogens with one attached hydrogen (secondary N) is 1. The summed E-state index contributed by atoms with van der Waals surface area (Å²) in [5.74, 6) is 0.0270. The van der Waals surface area contributed by atoms with Crippen molar-refractivity contribution < 1.29 is 9.59 Å². The van der Waals surface area contributed by atoms with E-state index in [-0.39, 0.29) is 11.8 Å². The lowest BCUT2D eigenvalue weighted by Crippen LogP contribution is -2.68. The first-order valence-corrected chi connectivity index (χ1v) is 8.31. The molecule has 2 fully saturated rings. The second-order valence-corrected chi connectivity index (χ2v) is 7.40. The van der Waals surface area contributed by atoms with Gasteiger partial charge in [0.05, 0.1) is 12.2 Å². The highest BCUT2D eigenvalue weighted by Crippen LogP contribution is 2.39. The number of rotatable bonds is 2. The minimum absolute atomic E-state index is 0.0112. The largest absolute Gasteiger partial charge is 0.343 e. The van der Waals surface area contributed by atoms with E-state index in [4.69, 9.17) is 0 Å². The Morgan fingerprint density at radius 2 is 2.00 bits per heavy atom. The van der Waals surface area contributed by atoms with E-state index < -0.39 is 11.6 Å². The molecule has 1 atom stereocenters. The molecular formula is C15H21N3O2S. The summed E-state index contributed by atoms with van der Waals surface area (Å²) >= 11 is 1.62. The van der Waals surface area contributed by atoms with Gasteiger partial charge in [0.25, 0.3) is 0 Å². The van der Waals surface area contributed by atoms with E-state index in [1.54, 1.807) is 23.2 Å². The number of carbonyl (C=O) groups is 2. The zero-order valence-corrected chi connectivity index (χ0v) is 13.5. The van der Waals surface area contributed by atoms with E-state index in [0.29, 0.717) is 6.54 Å². The minimum atomic E-state index is -0.642. The molecule has 1 aromatic heterocycles. The molecule has 1 spiro atoms. The van der Waals surface area contributed by atoms with Crippen LogP contribution in [0.3, 0.4) is 0 Å². The highest BCUT2D eigenvalue weighted by molar-refractivity contribution is 7.11. The first-order chi connectivity index (χ1) is 9.94. The van der Waals surface area contributed by atoms with Crippen LogP contribution in [0.2, 0.25) is 0 Å². The molecule has 0 aromatic carbocycles. The SMILES string of the molecule is Cc1nc(CN2C(=O)C(C)NC(=O)C23CCCC3)sc1C. The Bertz CT molecular complexity index is 570. The molecule has 5 nitrogen and oxygen atoms in total. The maximum absolute atomic E-state index is 12.6. The van der Waals surface area contributed by atoms with Crippen molar-refractivity contribution in [2.24, 2.45) is 0 Å². The topological polar surface area (TPSA) is 62.3 Å². The Kier molecular flexibility index (Phi) is 3.51. The molecule has 2 heterocycles. The van der Waals surface area contributed by atoms with Crippen LogP contribution >= 0.6 is 11.3 Å². The van der Waals surface area contributed by atoms with Crippen molar-refractivity contribution in [3.05, 3.63) is 15.6 Å². The summed E-state index contributed by atoms with van der Waals surface area (Å²) in [4.78, 5) is 32.6. The Labute approximate surface area is 128 Å². The summed E-state index contributed by atoms with van der Waals surface area (Å²) in [7, 11) is 0. The fourth-order valence-electron chi connectivity index (χ4n) is 3.39. The number of aromatic nitrogens is 1. The van der Waals surface area contributed by atoms with Crippen molar-refractivity contribution in [3.63, 3.8) is 0 Å². The molecule has 0 radical (unpaired) electrons. The third-order valence-electron chi connectivity index (χ3n) is 4.72. The van der Waals surface area contributed by atoms with Gasteiger partial charge >= 0.3 is 0 Å². The van der Waals surface area contributed by atoms with E-state index in [1.165, 1.54) is 4.88 Å². The van der Waals surface area contributed by atoms with Crippen LogP contribution in [0.1, 0.15) is 48.2 Å². The van der Waals surface area contributed by atoms with E-state index in [2.05, 4.69) is 10.3 Å². The van der Waals surface area contributed by atoms with Crippen molar-refractivity contribution in [1.82, 2.24) is 15.2 Å². The van der Waals surface area contributed by atoms with Crippen molar-refractivity contribution >= 4 is 23.2 Å². The molecule has 3 rings (SSSR count). The van der Waals surface area contributed by atoms with Crippen molar-refractivity contribution in [1.29, 1.82) is 0 Å². The van der Waals surface area contributed by atoms with Gasteiger partial charge in [0.15, 0.2) is 0 Å². The third kappa shape index (κ3) is 2.25. The number of hydrogen-bond acceptors (Lipinski definition) is 4. The normalized spacial score (nSPS) is 24.7. The molecule has 1 saturated carbocycles. The van der Waals surface area contributed by atoms with Crippen LogP contribution in [0.4, 0.5) is 0 Å². The smallest absolute Gasteiger partial charge is 0.246 e. The Morgan fingerprint density at radius 1 is 1.33 bits per heavy atom. The Hall–Kier alpha value is -1.43. The highest BCUT2D eigenvalue weighted by atomic mass is 32.1. The average Bonchev–Trinajstić information content (AvgIpc) is 3.02. The van der Waals surface area contributed by atoms with E-state index >= 15 is 0 Å². The summed E-state index contributed by atoms with van der Waals surface area (Å²) in [6.45, 7) is 6.23. The summed E-state index contributed by atoms with van der Waals surface area (Å²) in [5, 5.41) is 3.77. The molecule has 0 bridgehead atoms. The fraction of sp³-hybridized carbons (Fsp3) is 0.667. The number of carbonyl (C=O) groups excluding carboxylic acids is 2. The zero-order valence-electron chi connectivity index (χ0n) is 12.7. The molecule has 2 amide bonds. The summed E-state index contributed by atoms with van der Waals surface area (Å²) in [5.41, 5.74) is 0.370. The van der Waals surface area contributed by atoms with Crippen LogP contribution in [0.5, 0.6) is 0 Å². The van der Waals surface area contributed by atoms with Crippen LogP contribution < -0.4 is 5.32 Å². The number of thiazole rings is 1. The number of aryl methyl sites for hydroxylation is 2. The van der Waals surface area contributed by atoms with E-state index in [1.807, 2.05) is 13.8 Å². The van der Waals surface area contributed by atoms with Gasteiger partial charge in [-0.3, -0.25) is 9.59 Å². The van der Waals surface area contributed by atoms with Gasteiger partial charge in [-0.1, -0.05) is 12.8 Å². The van der Waals surface area contributed by atoms with Gasteiger partial charge in [-0.25, -0.2) is 4.98 Å². The molecule has 1 N–H and O–H groups in total. The van der Waals surface area contributed by atoms with Crippen molar-refractivity contribution in [2.75, 3.05) is 0 Å². The average molecular weight is 307 g/mol. The Morgan fingerprint density at radius 3 is 2.57 bits per heavy atom. The summed E-state index contributed by atoms with van der Waals surface area (Å²) in [6, 6.07) is -0.439. The monoisotopic (exact) mass is 307 g/mol. The third-order valence-corrected chi connectivity index (χ3v) is 5.78. The molecule has 6 heteroatoms. The van der Waals surface area contributed by atoms with Gasteiger partial charge in [0.1, 0.15) is 16.6 Å². The van der Waals surface area contributed by atoms with E-state index in [9.17, 15) is 9.59 Å². The van der Waals surface area contributed by atoms with Crippen LogP contribution in [0.15, 0.2) is 0 Å². The van der Waals surface area contributed by atoms with Gasteiger partial charge in [0.2, 0.25) is 11.8 Å². The summed E-state index contributed by atoms with van der Waals surface area (Å²) < 4.78 is 0. The van der Waals surface area contributed by atoms with Crippen LogP contribution in [-0.4, -0.2) is 33.3 Å². The molecule has 1 unspecified atom stereocenters. The van der Waals surface area contributed by atoms with Gasteiger partial charge < -0.3 is 10.2 Å². The lowest BCUT2D eigenvalue weighted by atomic mass is 9.89. The van der Waals surface area contributed by atoms with Gasteiger partial charge in [0, 0.05) is 4.88 Å². The number of nitrogens with zero attached hydrogens (tertiary/aromatic N) is 2. The Balaban J connectivity index is 1.94. The molecule has 114 valence electrons. The molecule has 21 heavy (non-hydrogen) atoms. The molecule has 1 aliphatic carbocycles. The second kappa shape index (κ2) is 5.09. The first-order valence-electron chi connectivity index (χ1n) is 7.49. The maximum atomic E-state index is 12.6. The molecule has 1 aliphatic heterocycles. The van der Waals surface area contributed by atoms with Gasteiger partial charge in [-0.05, 0) is 33.6 Å². The minimum Gasteiger partial charge on any atom is -0.343 e. The predicted molar refractivity (Wildman–Crippen MR) is 80.9 cm³/mol.